The lowest BCUT2D eigenvalue weighted by Gasteiger charge is -2.08. The van der Waals surface area contributed by atoms with Gasteiger partial charge in [0.2, 0.25) is 0 Å². The van der Waals surface area contributed by atoms with E-state index >= 15 is 0 Å². The maximum Gasteiger partial charge on any atom is 0.301 e. The van der Waals surface area contributed by atoms with E-state index in [9.17, 15) is 62.3 Å². The van der Waals surface area contributed by atoms with E-state index in [2.05, 4.69) is 30.7 Å². The summed E-state index contributed by atoms with van der Waals surface area (Å²) < 4.78 is 139. The molecule has 26 heteroatoms. The van der Waals surface area contributed by atoms with E-state index < -0.39 is 82.8 Å². The van der Waals surface area contributed by atoms with Crippen molar-refractivity contribution in [2.45, 2.75) is 19.6 Å². The Balaban J connectivity index is 1.31. The first kappa shape index (κ1) is 46.2. The minimum Gasteiger partial charge on any atom is -0.594 e. The fourth-order valence-electron chi connectivity index (χ4n) is 5.47. The fraction of sp³-hybridized carbons (Fsp3) is 0. The molecule has 6 rings (SSSR count). The van der Waals surface area contributed by atoms with E-state index in [1.54, 1.807) is 60.7 Å². The summed E-state index contributed by atoms with van der Waals surface area (Å²) in [5.41, 5.74) is -2.32. The Bertz CT molecular complexity index is 3180. The van der Waals surface area contributed by atoms with E-state index in [1.165, 1.54) is 12.1 Å². The van der Waals surface area contributed by atoms with Crippen LogP contribution in [0, 0.1) is 10.4 Å². The maximum absolute atomic E-state index is 13.1. The summed E-state index contributed by atoms with van der Waals surface area (Å²) in [7, 11) is -20.4. The zero-order valence-electron chi connectivity index (χ0n) is 31.9. The molecule has 0 heterocycles. The smallest absolute Gasteiger partial charge is 0.301 e. The van der Waals surface area contributed by atoms with Crippen molar-refractivity contribution in [1.29, 1.82) is 0 Å². The molecule has 6 aromatic rings. The van der Waals surface area contributed by atoms with Gasteiger partial charge in [-0.2, -0.15) is 54.1 Å². The monoisotopic (exact) mass is 948 g/mol. The lowest BCUT2D eigenvalue weighted by atomic mass is 10.1. The Morgan fingerprint density at radius 2 is 0.672 bits per heavy atom. The van der Waals surface area contributed by atoms with Gasteiger partial charge in [0.1, 0.15) is 21.2 Å². The molecule has 6 aromatic carbocycles. The zero-order valence-corrected chi connectivity index (χ0v) is 35.2. The first-order valence-electron chi connectivity index (χ1n) is 17.5. The zero-order chi connectivity index (χ0) is 46.5. The number of benzene rings is 6. The van der Waals surface area contributed by atoms with Crippen molar-refractivity contribution in [2.75, 3.05) is 0 Å². The van der Waals surface area contributed by atoms with Crippen LogP contribution in [0.3, 0.4) is 0 Å². The summed E-state index contributed by atoms with van der Waals surface area (Å²) in [6.07, 6.45) is 1.97. The van der Waals surface area contributed by atoms with Gasteiger partial charge in [-0.15, -0.1) is 0 Å². The minimum atomic E-state index is -5.13. The second-order valence-corrected chi connectivity index (χ2v) is 18.4. The Morgan fingerprint density at radius 3 is 1.00 bits per heavy atom. The van der Waals surface area contributed by atoms with Crippen LogP contribution in [-0.4, -0.2) is 61.6 Å². The van der Waals surface area contributed by atoms with Crippen LogP contribution in [0.1, 0.15) is 11.1 Å². The molecule has 0 unspecified atom stereocenters. The molecule has 0 saturated carbocycles. The Labute approximate surface area is 363 Å². The van der Waals surface area contributed by atoms with Gasteiger partial charge in [-0.1, -0.05) is 60.7 Å². The average molecular weight is 949 g/mol. The number of hydrogen-bond acceptors (Lipinski definition) is 16. The highest BCUT2D eigenvalue weighted by Crippen LogP contribution is 2.34. The predicted molar refractivity (Wildman–Crippen MR) is 226 cm³/mol. The van der Waals surface area contributed by atoms with Crippen LogP contribution in [0.4, 0.5) is 45.5 Å². The SMILES string of the molecule is O=S(=O)(O)c1cc(N=[N+]([O-])c2ccc(N=Nc3ccccc3)cc2S(=O)(=O)O)ccc1/C=C/c1ccc(N=[N+]([O-])c2ccc(N=Nc3ccccc3)cc2S(=O)(=O)O)cc1S(=O)(=O)O. The van der Waals surface area contributed by atoms with Crippen molar-refractivity contribution in [1.82, 2.24) is 0 Å². The highest BCUT2D eigenvalue weighted by Gasteiger charge is 2.26. The summed E-state index contributed by atoms with van der Waals surface area (Å²) in [6, 6.07) is 28.2. The Hall–Kier alpha value is -7.30. The third-order valence-corrected chi connectivity index (χ3v) is 11.9. The van der Waals surface area contributed by atoms with Crippen molar-refractivity contribution >= 4 is 98.1 Å². The second kappa shape index (κ2) is 18.6. The Morgan fingerprint density at radius 1 is 0.375 bits per heavy atom. The van der Waals surface area contributed by atoms with Crippen LogP contribution in [0.5, 0.6) is 0 Å². The molecule has 0 amide bonds. The van der Waals surface area contributed by atoms with E-state index in [-0.39, 0.29) is 32.2 Å². The lowest BCUT2D eigenvalue weighted by Crippen LogP contribution is -2.04. The molecular formula is C38H28N8O14S4. The van der Waals surface area contributed by atoms with Gasteiger partial charge < -0.3 is 10.4 Å². The summed E-state index contributed by atoms with van der Waals surface area (Å²) >= 11 is 0. The number of rotatable bonds is 14. The molecule has 0 aliphatic carbocycles. The largest absolute Gasteiger partial charge is 0.594 e. The Kier molecular flexibility index (Phi) is 13.4. The summed E-state index contributed by atoms with van der Waals surface area (Å²) in [5, 5.41) is 49.2. The highest BCUT2D eigenvalue weighted by molar-refractivity contribution is 7.86. The van der Waals surface area contributed by atoms with Gasteiger partial charge in [0.25, 0.3) is 31.6 Å². The quantitative estimate of drug-likeness (QED) is 0.0260. The summed E-state index contributed by atoms with van der Waals surface area (Å²) in [6.45, 7) is 0. The normalized spacial score (nSPS) is 13.3. The average Bonchev–Trinajstić information content (AvgIpc) is 3.24. The van der Waals surface area contributed by atoms with Crippen LogP contribution in [0.2, 0.25) is 0 Å². The first-order valence-corrected chi connectivity index (χ1v) is 23.3. The van der Waals surface area contributed by atoms with Gasteiger partial charge in [-0.25, -0.2) is 0 Å². The van der Waals surface area contributed by atoms with Crippen molar-refractivity contribution in [3.63, 3.8) is 0 Å². The van der Waals surface area contributed by atoms with Gasteiger partial charge in [-0.3, -0.25) is 18.2 Å². The van der Waals surface area contributed by atoms with Gasteiger partial charge in [0.05, 0.1) is 22.7 Å². The van der Waals surface area contributed by atoms with E-state index in [4.69, 9.17) is 0 Å². The van der Waals surface area contributed by atoms with Crippen LogP contribution in [0.15, 0.2) is 184 Å². The molecule has 0 aromatic heterocycles. The molecular weight excluding hydrogens is 921 g/mol. The molecule has 0 aliphatic heterocycles. The molecule has 0 bridgehead atoms. The third-order valence-electron chi connectivity index (χ3n) is 8.33. The topological polar surface area (TPSA) is 344 Å². The van der Waals surface area contributed by atoms with Crippen LogP contribution in [0.25, 0.3) is 12.2 Å². The first-order chi connectivity index (χ1) is 30.1. The van der Waals surface area contributed by atoms with Crippen LogP contribution in [-0.2, 0) is 40.5 Å². The van der Waals surface area contributed by atoms with Crippen molar-refractivity contribution in [2.24, 2.45) is 30.7 Å². The number of hydrogen-bond donors (Lipinski definition) is 4. The number of azo groups is 4. The van der Waals surface area contributed by atoms with Gasteiger partial charge in [0, 0.05) is 22.4 Å². The van der Waals surface area contributed by atoms with Crippen molar-refractivity contribution < 1.29 is 61.6 Å². The molecule has 0 radical (unpaired) electrons. The summed E-state index contributed by atoms with van der Waals surface area (Å²) in [4.78, 5) is -4.11. The molecule has 0 spiro atoms. The van der Waals surface area contributed by atoms with Crippen LogP contribution < -0.4 is 0 Å². The van der Waals surface area contributed by atoms with E-state index in [0.29, 0.717) is 23.5 Å². The fourth-order valence-corrected chi connectivity index (χ4v) is 8.24. The highest BCUT2D eigenvalue weighted by atomic mass is 32.2. The lowest BCUT2D eigenvalue weighted by molar-refractivity contribution is -0.438. The summed E-state index contributed by atoms with van der Waals surface area (Å²) in [5.74, 6) is 0. The maximum atomic E-state index is 13.1. The van der Waals surface area contributed by atoms with Gasteiger partial charge in [-0.05, 0) is 93.6 Å². The van der Waals surface area contributed by atoms with Crippen LogP contribution >= 0.6 is 0 Å². The van der Waals surface area contributed by atoms with Crippen molar-refractivity contribution in [3.8, 4) is 0 Å². The van der Waals surface area contributed by atoms with E-state index in [1.807, 2.05) is 0 Å². The minimum absolute atomic E-state index is 0.0774. The predicted octanol–water partition coefficient (Wildman–Crippen LogP) is 9.53. The standard InChI is InChI=1S/C38H28N8O14S4/c47-45(33-19-17-29(21-37(33)63(55,56)57)41-39-27-7-3-1-4-8-27)43-31-15-13-25(35(23-31)61(49,50)51)11-12-26-14-16-32(24-36(26)62(52,53)54)44-46(48)34-20-18-30(22-38(34)64(58,59)60)42-40-28-9-5-2-6-10-28/h1-24H,(H,49,50,51)(H,52,53,54)(H,55,56,57)(H,58,59,60)/b12-11+,41-39?,42-40?,45-43?,46-44?. The molecule has 0 atom stereocenters. The molecule has 0 fully saturated rings. The van der Waals surface area contributed by atoms with E-state index in [0.717, 1.165) is 60.7 Å². The molecule has 22 nitrogen and oxygen atoms in total. The molecule has 4 N–H and O–H groups in total. The molecule has 0 saturated heterocycles. The molecule has 0 aliphatic rings. The van der Waals surface area contributed by atoms with Gasteiger partial charge in [0.15, 0.2) is 9.79 Å². The van der Waals surface area contributed by atoms with Crippen molar-refractivity contribution in [3.05, 3.63) is 155 Å². The molecule has 328 valence electrons. The van der Waals surface area contributed by atoms with Gasteiger partial charge >= 0.3 is 20.2 Å². The number of nitrogens with zero attached hydrogens (tertiary/aromatic N) is 8. The third kappa shape index (κ3) is 11.8. The molecule has 64 heavy (non-hydrogen) atoms. The second-order valence-electron chi connectivity index (χ2n) is 12.8.